The van der Waals surface area contributed by atoms with E-state index in [4.69, 9.17) is 14.1 Å². The number of rotatable bonds is 5. The molecule has 1 heterocycles. The van der Waals surface area contributed by atoms with Crippen LogP contribution in [-0.4, -0.2) is 28.8 Å². The Balaban J connectivity index is 1.58. The van der Waals surface area contributed by atoms with E-state index in [9.17, 15) is 5.11 Å². The van der Waals surface area contributed by atoms with Gasteiger partial charge in [0.25, 0.3) is 0 Å². The highest BCUT2D eigenvalue weighted by Gasteiger charge is 2.35. The minimum absolute atomic E-state index is 0.623. The van der Waals surface area contributed by atoms with Crippen LogP contribution >= 0.6 is 0 Å². The fourth-order valence-electron chi connectivity index (χ4n) is 3.69. The molecule has 0 atom stereocenters. The first-order chi connectivity index (χ1) is 15.2. The van der Waals surface area contributed by atoms with Gasteiger partial charge in [-0.15, -0.1) is 0 Å². The molecule has 4 nitrogen and oxygen atoms in total. The SMILES string of the molecule is CC(C)(O)C(C)(C)O[B]c1ccc2c(ccc3ccc4nc(-c5ccccc5)oc4c32)c1. The third-order valence-corrected chi connectivity index (χ3v) is 6.36. The van der Waals surface area contributed by atoms with Gasteiger partial charge in [-0.25, -0.2) is 4.98 Å². The molecule has 1 aromatic heterocycles. The molecule has 0 fully saturated rings. The Bertz CT molecular complexity index is 1430. The van der Waals surface area contributed by atoms with Crippen LogP contribution in [0.15, 0.2) is 77.2 Å². The van der Waals surface area contributed by atoms with Crippen LogP contribution in [0.2, 0.25) is 0 Å². The second-order valence-corrected chi connectivity index (χ2v) is 9.25. The third kappa shape index (κ3) is 3.58. The monoisotopic (exact) mass is 422 g/mol. The van der Waals surface area contributed by atoms with Crippen LogP contribution in [-0.2, 0) is 4.65 Å². The van der Waals surface area contributed by atoms with Crippen molar-refractivity contribution in [3.05, 3.63) is 72.8 Å². The van der Waals surface area contributed by atoms with Crippen molar-refractivity contribution in [3.8, 4) is 11.5 Å². The first-order valence-electron chi connectivity index (χ1n) is 10.8. The van der Waals surface area contributed by atoms with Crippen LogP contribution in [0, 0.1) is 0 Å². The summed E-state index contributed by atoms with van der Waals surface area (Å²) in [5.41, 5.74) is 1.85. The molecule has 0 aliphatic rings. The van der Waals surface area contributed by atoms with Gasteiger partial charge in [0.15, 0.2) is 5.58 Å². The molecule has 0 aliphatic carbocycles. The molecule has 32 heavy (non-hydrogen) atoms. The molecular formula is C27H25BNO3. The van der Waals surface area contributed by atoms with Crippen molar-refractivity contribution in [3.63, 3.8) is 0 Å². The largest absolute Gasteiger partial charge is 0.435 e. The fraction of sp³-hybridized carbons (Fsp3) is 0.222. The van der Waals surface area contributed by atoms with E-state index in [1.54, 1.807) is 21.3 Å². The number of hydrogen-bond donors (Lipinski definition) is 1. The smallest absolute Gasteiger partial charge is 0.330 e. The Morgan fingerprint density at radius 3 is 2.34 bits per heavy atom. The quantitative estimate of drug-likeness (QED) is 0.295. The maximum absolute atomic E-state index is 10.3. The van der Waals surface area contributed by atoms with Gasteiger partial charge in [0.2, 0.25) is 5.89 Å². The zero-order valence-electron chi connectivity index (χ0n) is 18.7. The van der Waals surface area contributed by atoms with Gasteiger partial charge < -0.3 is 14.2 Å². The maximum Gasteiger partial charge on any atom is 0.330 e. The number of fused-ring (bicyclic) bond motifs is 5. The summed E-state index contributed by atoms with van der Waals surface area (Å²) in [6, 6.07) is 24.5. The van der Waals surface area contributed by atoms with E-state index in [2.05, 4.69) is 30.3 Å². The summed E-state index contributed by atoms with van der Waals surface area (Å²) in [7, 11) is 1.71. The van der Waals surface area contributed by atoms with E-state index in [-0.39, 0.29) is 0 Å². The van der Waals surface area contributed by atoms with Crippen molar-refractivity contribution in [1.29, 1.82) is 0 Å². The van der Waals surface area contributed by atoms with Crippen LogP contribution in [0.1, 0.15) is 27.7 Å². The molecule has 0 aliphatic heterocycles. The fourth-order valence-corrected chi connectivity index (χ4v) is 3.69. The molecule has 0 saturated carbocycles. The summed E-state index contributed by atoms with van der Waals surface area (Å²) < 4.78 is 12.2. The van der Waals surface area contributed by atoms with Crippen LogP contribution in [0.5, 0.6) is 0 Å². The molecule has 0 amide bonds. The molecule has 0 bridgehead atoms. The van der Waals surface area contributed by atoms with Crippen LogP contribution in [0.4, 0.5) is 0 Å². The topological polar surface area (TPSA) is 55.5 Å². The van der Waals surface area contributed by atoms with E-state index in [0.29, 0.717) is 5.89 Å². The van der Waals surface area contributed by atoms with Crippen molar-refractivity contribution >= 4 is 45.6 Å². The molecule has 5 rings (SSSR count). The van der Waals surface area contributed by atoms with E-state index < -0.39 is 11.2 Å². The van der Waals surface area contributed by atoms with E-state index in [0.717, 1.165) is 43.7 Å². The molecule has 5 heteroatoms. The lowest BCUT2D eigenvalue weighted by Gasteiger charge is -2.37. The lowest BCUT2D eigenvalue weighted by Crippen LogP contribution is -2.49. The summed E-state index contributed by atoms with van der Waals surface area (Å²) in [6.07, 6.45) is 0. The number of benzene rings is 4. The van der Waals surface area contributed by atoms with Gasteiger partial charge in [-0.2, -0.15) is 0 Å². The summed E-state index contributed by atoms with van der Waals surface area (Å²) in [5, 5.41) is 14.7. The molecule has 159 valence electrons. The normalized spacial score (nSPS) is 12.7. The van der Waals surface area contributed by atoms with Gasteiger partial charge in [-0.1, -0.05) is 60.1 Å². The lowest BCUT2D eigenvalue weighted by molar-refractivity contribution is -0.0893. The van der Waals surface area contributed by atoms with Gasteiger partial charge in [0.05, 0.1) is 11.2 Å². The Labute approximate surface area is 188 Å². The Morgan fingerprint density at radius 2 is 1.59 bits per heavy atom. The second kappa shape index (κ2) is 7.47. The number of hydrogen-bond acceptors (Lipinski definition) is 4. The summed E-state index contributed by atoms with van der Waals surface area (Å²) in [5.74, 6) is 0.623. The predicted octanol–water partition coefficient (Wildman–Crippen LogP) is 5.61. The summed E-state index contributed by atoms with van der Waals surface area (Å²) in [4.78, 5) is 4.72. The third-order valence-electron chi connectivity index (χ3n) is 6.36. The highest BCUT2D eigenvalue weighted by atomic mass is 16.5. The standard InChI is InChI=1S/C27H25BNO3/c1-26(2,30)27(3,4)32-28-20-13-14-21-19(16-20)11-10-17-12-15-22-24(23(17)21)31-25(29-22)18-8-6-5-7-9-18/h5-16,30H,1-4H3. The van der Waals surface area contributed by atoms with Crippen LogP contribution in [0.25, 0.3) is 44.1 Å². The van der Waals surface area contributed by atoms with E-state index in [1.165, 1.54) is 0 Å². The lowest BCUT2D eigenvalue weighted by atomic mass is 9.81. The number of aliphatic hydroxyl groups is 1. The van der Waals surface area contributed by atoms with Crippen molar-refractivity contribution < 1.29 is 14.2 Å². The van der Waals surface area contributed by atoms with Gasteiger partial charge in [0, 0.05) is 10.9 Å². The highest BCUT2D eigenvalue weighted by molar-refractivity contribution is 6.47. The van der Waals surface area contributed by atoms with Gasteiger partial charge >= 0.3 is 7.48 Å². The Morgan fingerprint density at radius 1 is 0.875 bits per heavy atom. The second-order valence-electron chi connectivity index (χ2n) is 9.25. The zero-order chi connectivity index (χ0) is 22.5. The van der Waals surface area contributed by atoms with Crippen molar-refractivity contribution in [2.45, 2.75) is 38.9 Å². The minimum Gasteiger partial charge on any atom is -0.435 e. The van der Waals surface area contributed by atoms with Gasteiger partial charge in [-0.05, 0) is 62.1 Å². The van der Waals surface area contributed by atoms with E-state index >= 15 is 0 Å². The zero-order valence-corrected chi connectivity index (χ0v) is 18.7. The highest BCUT2D eigenvalue weighted by Crippen LogP contribution is 2.34. The summed E-state index contributed by atoms with van der Waals surface area (Å²) >= 11 is 0. The van der Waals surface area contributed by atoms with Crippen molar-refractivity contribution in [2.75, 3.05) is 0 Å². The first kappa shape index (κ1) is 20.7. The Kier molecular flexibility index (Phi) is 4.84. The average molecular weight is 422 g/mol. The molecule has 1 N–H and O–H groups in total. The molecule has 0 saturated heterocycles. The maximum atomic E-state index is 10.3. The van der Waals surface area contributed by atoms with Gasteiger partial charge in [-0.3, -0.25) is 0 Å². The van der Waals surface area contributed by atoms with Crippen LogP contribution < -0.4 is 5.46 Å². The molecular weight excluding hydrogens is 397 g/mol. The molecule has 5 aromatic rings. The van der Waals surface area contributed by atoms with Crippen LogP contribution in [0.3, 0.4) is 0 Å². The summed E-state index contributed by atoms with van der Waals surface area (Å²) in [6.45, 7) is 7.26. The average Bonchev–Trinajstić information content (AvgIpc) is 3.22. The number of aromatic nitrogens is 1. The molecule has 4 aromatic carbocycles. The minimum atomic E-state index is -0.967. The molecule has 0 unspecified atom stereocenters. The molecule has 0 spiro atoms. The van der Waals surface area contributed by atoms with Crippen molar-refractivity contribution in [2.24, 2.45) is 0 Å². The van der Waals surface area contributed by atoms with Crippen molar-refractivity contribution in [1.82, 2.24) is 4.98 Å². The number of nitrogens with zero attached hydrogens (tertiary/aromatic N) is 1. The van der Waals surface area contributed by atoms with E-state index in [1.807, 2.05) is 56.3 Å². The molecule has 1 radical (unpaired) electrons. The Hall–Kier alpha value is -3.15. The number of oxazole rings is 1. The predicted molar refractivity (Wildman–Crippen MR) is 131 cm³/mol. The van der Waals surface area contributed by atoms with Gasteiger partial charge in [0.1, 0.15) is 5.52 Å². The first-order valence-corrected chi connectivity index (χ1v) is 10.8.